The Labute approximate surface area is 127 Å². The van der Waals surface area contributed by atoms with Gasteiger partial charge in [-0.3, -0.25) is 10.1 Å². The third-order valence-electron chi connectivity index (χ3n) is 2.88. The average molecular weight is 305 g/mol. The van der Waals surface area contributed by atoms with Crippen molar-refractivity contribution in [3.8, 4) is 0 Å². The van der Waals surface area contributed by atoms with Crippen LogP contribution in [0.5, 0.6) is 0 Å². The second-order valence-electron chi connectivity index (χ2n) is 4.40. The number of oxime groups is 1. The summed E-state index contributed by atoms with van der Waals surface area (Å²) in [5, 5.41) is 15.3. The summed E-state index contributed by atoms with van der Waals surface area (Å²) >= 11 is 5.99. The van der Waals surface area contributed by atoms with Crippen LogP contribution in [0.1, 0.15) is 16.7 Å². The van der Waals surface area contributed by atoms with Crippen molar-refractivity contribution >= 4 is 23.5 Å². The van der Waals surface area contributed by atoms with E-state index in [1.807, 2.05) is 18.2 Å². The van der Waals surface area contributed by atoms with E-state index < -0.39 is 4.92 Å². The summed E-state index contributed by atoms with van der Waals surface area (Å²) in [5.74, 6) is 0. The Morgan fingerprint density at radius 2 is 2.10 bits per heavy atom. The van der Waals surface area contributed by atoms with Crippen molar-refractivity contribution in [3.63, 3.8) is 0 Å². The lowest BCUT2D eigenvalue weighted by Crippen LogP contribution is -1.94. The maximum absolute atomic E-state index is 10.8. The molecule has 2 aromatic carbocycles. The maximum atomic E-state index is 10.8. The quantitative estimate of drug-likeness (QED) is 0.474. The first-order valence-electron chi connectivity index (χ1n) is 6.21. The van der Waals surface area contributed by atoms with Crippen LogP contribution < -0.4 is 0 Å². The predicted molar refractivity (Wildman–Crippen MR) is 81.7 cm³/mol. The monoisotopic (exact) mass is 304 g/mol. The van der Waals surface area contributed by atoms with Crippen LogP contribution in [0.4, 0.5) is 5.69 Å². The Kier molecular flexibility index (Phi) is 4.90. The lowest BCUT2D eigenvalue weighted by atomic mass is 10.1. The van der Waals surface area contributed by atoms with Crippen LogP contribution in [-0.4, -0.2) is 11.1 Å². The van der Waals surface area contributed by atoms with Gasteiger partial charge in [0.15, 0.2) is 0 Å². The van der Waals surface area contributed by atoms with E-state index in [9.17, 15) is 10.1 Å². The van der Waals surface area contributed by atoms with Crippen LogP contribution in [0.3, 0.4) is 0 Å². The molecule has 0 saturated heterocycles. The second kappa shape index (κ2) is 6.85. The number of nitro groups is 1. The molecular weight excluding hydrogens is 292 g/mol. The van der Waals surface area contributed by atoms with Gasteiger partial charge in [0.2, 0.25) is 0 Å². The van der Waals surface area contributed by atoms with E-state index in [0.717, 1.165) is 5.56 Å². The number of aryl methyl sites for hydroxylation is 1. The highest BCUT2D eigenvalue weighted by Crippen LogP contribution is 2.18. The SMILES string of the molecule is Cc1ccc(C=NOCc2ccccc2Cl)cc1[N+](=O)[O-]. The molecule has 21 heavy (non-hydrogen) atoms. The third kappa shape index (κ3) is 4.03. The molecule has 0 unspecified atom stereocenters. The molecule has 0 aliphatic carbocycles. The van der Waals surface area contributed by atoms with Crippen LogP contribution in [-0.2, 0) is 11.4 Å². The first-order valence-corrected chi connectivity index (χ1v) is 6.59. The van der Waals surface area contributed by atoms with E-state index in [1.54, 1.807) is 25.1 Å². The molecule has 0 aliphatic rings. The summed E-state index contributed by atoms with van der Waals surface area (Å²) in [6.07, 6.45) is 1.43. The van der Waals surface area contributed by atoms with Crippen molar-refractivity contribution in [3.05, 3.63) is 74.3 Å². The summed E-state index contributed by atoms with van der Waals surface area (Å²) in [6.45, 7) is 1.93. The first kappa shape index (κ1) is 15.0. The van der Waals surface area contributed by atoms with E-state index in [0.29, 0.717) is 16.1 Å². The molecule has 0 fully saturated rings. The van der Waals surface area contributed by atoms with Crippen molar-refractivity contribution in [2.75, 3.05) is 0 Å². The molecule has 0 atom stereocenters. The van der Waals surface area contributed by atoms with Gasteiger partial charge in [-0.05, 0) is 13.0 Å². The summed E-state index contributed by atoms with van der Waals surface area (Å²) in [6, 6.07) is 12.2. The largest absolute Gasteiger partial charge is 0.391 e. The molecule has 0 saturated carbocycles. The average Bonchev–Trinajstić information content (AvgIpc) is 2.46. The number of benzene rings is 2. The highest BCUT2D eigenvalue weighted by atomic mass is 35.5. The standard InChI is InChI=1S/C15H13ClN2O3/c1-11-6-7-12(8-15(11)18(19)20)9-17-21-10-13-4-2-3-5-14(13)16/h2-9H,10H2,1H3. The number of hydrogen-bond donors (Lipinski definition) is 0. The fraction of sp³-hybridized carbons (Fsp3) is 0.133. The van der Waals surface area contributed by atoms with E-state index in [2.05, 4.69) is 5.16 Å². The molecule has 2 rings (SSSR count). The van der Waals surface area contributed by atoms with Crippen molar-refractivity contribution in [1.29, 1.82) is 0 Å². The molecule has 0 amide bonds. The summed E-state index contributed by atoms with van der Waals surface area (Å²) in [7, 11) is 0. The van der Waals surface area contributed by atoms with Crippen LogP contribution in [0.2, 0.25) is 5.02 Å². The highest BCUT2D eigenvalue weighted by molar-refractivity contribution is 6.31. The summed E-state index contributed by atoms with van der Waals surface area (Å²) in [5.41, 5.74) is 2.09. The Bertz CT molecular complexity index is 686. The van der Waals surface area contributed by atoms with Crippen molar-refractivity contribution in [2.24, 2.45) is 5.16 Å². The highest BCUT2D eigenvalue weighted by Gasteiger charge is 2.09. The third-order valence-corrected chi connectivity index (χ3v) is 3.25. The minimum Gasteiger partial charge on any atom is -0.391 e. The van der Waals surface area contributed by atoms with Gasteiger partial charge in [-0.1, -0.05) is 47.1 Å². The van der Waals surface area contributed by atoms with Crippen LogP contribution in [0.25, 0.3) is 0 Å². The minimum atomic E-state index is -0.419. The second-order valence-corrected chi connectivity index (χ2v) is 4.81. The lowest BCUT2D eigenvalue weighted by Gasteiger charge is -2.02. The smallest absolute Gasteiger partial charge is 0.272 e. The summed E-state index contributed by atoms with van der Waals surface area (Å²) < 4.78 is 0. The lowest BCUT2D eigenvalue weighted by molar-refractivity contribution is -0.385. The van der Waals surface area contributed by atoms with Crippen molar-refractivity contribution in [1.82, 2.24) is 0 Å². The Hall–Kier alpha value is -2.40. The Balaban J connectivity index is 2.00. The number of halogens is 1. The zero-order chi connectivity index (χ0) is 15.2. The van der Waals surface area contributed by atoms with Gasteiger partial charge in [-0.25, -0.2) is 0 Å². The molecule has 0 radical (unpaired) electrons. The molecule has 2 aromatic rings. The molecular formula is C15H13ClN2O3. The first-order chi connectivity index (χ1) is 10.1. The van der Waals surface area contributed by atoms with E-state index in [1.165, 1.54) is 12.3 Å². The van der Waals surface area contributed by atoms with Crippen molar-refractivity contribution in [2.45, 2.75) is 13.5 Å². The zero-order valence-corrected chi connectivity index (χ0v) is 12.1. The molecule has 0 bridgehead atoms. The fourth-order valence-electron chi connectivity index (χ4n) is 1.72. The van der Waals surface area contributed by atoms with Crippen LogP contribution >= 0.6 is 11.6 Å². The van der Waals surface area contributed by atoms with Crippen molar-refractivity contribution < 1.29 is 9.76 Å². The number of nitrogens with zero attached hydrogens (tertiary/aromatic N) is 2. The topological polar surface area (TPSA) is 64.7 Å². The summed E-state index contributed by atoms with van der Waals surface area (Å²) in [4.78, 5) is 15.6. The van der Waals surface area contributed by atoms with E-state index in [-0.39, 0.29) is 12.3 Å². The normalized spacial score (nSPS) is 10.8. The molecule has 5 nitrogen and oxygen atoms in total. The van der Waals surface area contributed by atoms with Gasteiger partial charge in [0.25, 0.3) is 5.69 Å². The van der Waals surface area contributed by atoms with Crippen LogP contribution in [0, 0.1) is 17.0 Å². The van der Waals surface area contributed by atoms with Gasteiger partial charge in [0.1, 0.15) is 6.61 Å². The zero-order valence-electron chi connectivity index (χ0n) is 11.3. The fourth-order valence-corrected chi connectivity index (χ4v) is 1.91. The number of rotatable bonds is 5. The molecule has 0 spiro atoms. The van der Waals surface area contributed by atoms with Crippen LogP contribution in [0.15, 0.2) is 47.6 Å². The van der Waals surface area contributed by atoms with Gasteiger partial charge in [0.05, 0.1) is 11.1 Å². The van der Waals surface area contributed by atoms with Gasteiger partial charge in [0, 0.05) is 27.8 Å². The van der Waals surface area contributed by atoms with Gasteiger partial charge < -0.3 is 4.84 Å². The van der Waals surface area contributed by atoms with E-state index >= 15 is 0 Å². The number of nitro benzene ring substituents is 1. The molecule has 6 heteroatoms. The molecule has 0 aliphatic heterocycles. The molecule has 0 N–H and O–H groups in total. The van der Waals surface area contributed by atoms with Gasteiger partial charge in [-0.15, -0.1) is 0 Å². The number of hydrogen-bond acceptors (Lipinski definition) is 4. The van der Waals surface area contributed by atoms with Gasteiger partial charge in [-0.2, -0.15) is 0 Å². The Morgan fingerprint density at radius 3 is 2.81 bits per heavy atom. The predicted octanol–water partition coefficient (Wildman–Crippen LogP) is 4.11. The van der Waals surface area contributed by atoms with Gasteiger partial charge >= 0.3 is 0 Å². The molecule has 0 heterocycles. The molecule has 0 aromatic heterocycles. The minimum absolute atomic E-state index is 0.0602. The van der Waals surface area contributed by atoms with E-state index in [4.69, 9.17) is 16.4 Å². The molecule has 108 valence electrons. The maximum Gasteiger partial charge on any atom is 0.272 e. The Morgan fingerprint density at radius 1 is 1.33 bits per heavy atom.